The third-order valence-corrected chi connectivity index (χ3v) is 4.89. The Morgan fingerprint density at radius 2 is 2.22 bits per heavy atom. The highest BCUT2D eigenvalue weighted by atomic mass is 32.2. The largest absolute Gasteiger partial charge is 0.316 e. The fourth-order valence-electron chi connectivity index (χ4n) is 0.769. The molecule has 0 aromatic rings. The van der Waals surface area contributed by atoms with Crippen LogP contribution in [0.1, 0.15) is 13.8 Å². The maximum atomic E-state index is 5.96. The van der Waals surface area contributed by atoms with E-state index in [1.54, 1.807) is 0 Å². The molecule has 1 fully saturated rings. The van der Waals surface area contributed by atoms with Crippen LogP contribution >= 0.6 is 23.5 Å². The molecule has 1 saturated heterocycles. The topological polar surface area (TPSA) is 26.0 Å². The van der Waals surface area contributed by atoms with Gasteiger partial charge in [-0.05, 0) is 6.92 Å². The fraction of sp³-hybridized carbons (Fsp3) is 1.00. The van der Waals surface area contributed by atoms with Gasteiger partial charge < -0.3 is 5.73 Å². The standard InChI is InChI=1S/C6H13NS2/c1-5-6(2,7)9-4-3-8-5/h5H,3-4,7H2,1-2H3/t5-,6-/m1/s1. The van der Waals surface area contributed by atoms with Gasteiger partial charge in [0, 0.05) is 16.8 Å². The molecule has 1 nitrogen and oxygen atoms in total. The molecule has 1 aliphatic rings. The van der Waals surface area contributed by atoms with Gasteiger partial charge in [-0.3, -0.25) is 0 Å². The Morgan fingerprint density at radius 1 is 1.56 bits per heavy atom. The van der Waals surface area contributed by atoms with Crippen molar-refractivity contribution < 1.29 is 0 Å². The van der Waals surface area contributed by atoms with E-state index in [0.29, 0.717) is 5.25 Å². The molecule has 2 atom stereocenters. The van der Waals surface area contributed by atoms with Crippen LogP contribution in [0.4, 0.5) is 0 Å². The lowest BCUT2D eigenvalue weighted by atomic mass is 10.3. The Kier molecular flexibility index (Phi) is 2.35. The Hall–Kier alpha value is 0.660. The van der Waals surface area contributed by atoms with E-state index in [2.05, 4.69) is 13.8 Å². The smallest absolute Gasteiger partial charge is 0.0709 e. The lowest BCUT2D eigenvalue weighted by molar-refractivity contribution is 0.663. The molecule has 3 heteroatoms. The Labute approximate surface area is 65.1 Å². The molecular formula is C6H13NS2. The quantitative estimate of drug-likeness (QED) is 0.586. The van der Waals surface area contributed by atoms with Gasteiger partial charge in [-0.15, -0.1) is 11.8 Å². The molecular weight excluding hydrogens is 150 g/mol. The third kappa shape index (κ3) is 1.79. The van der Waals surface area contributed by atoms with Gasteiger partial charge in [0.2, 0.25) is 0 Å². The molecule has 0 unspecified atom stereocenters. The third-order valence-electron chi connectivity index (χ3n) is 1.67. The van der Waals surface area contributed by atoms with Crippen molar-refractivity contribution in [2.75, 3.05) is 11.5 Å². The van der Waals surface area contributed by atoms with Crippen molar-refractivity contribution in [3.63, 3.8) is 0 Å². The minimum absolute atomic E-state index is 0.0168. The van der Waals surface area contributed by atoms with Crippen molar-refractivity contribution in [2.24, 2.45) is 5.73 Å². The summed E-state index contributed by atoms with van der Waals surface area (Å²) < 4.78 is 0. The van der Waals surface area contributed by atoms with E-state index in [1.807, 2.05) is 23.5 Å². The van der Waals surface area contributed by atoms with Crippen LogP contribution in [0.5, 0.6) is 0 Å². The minimum atomic E-state index is 0.0168. The van der Waals surface area contributed by atoms with E-state index in [9.17, 15) is 0 Å². The van der Waals surface area contributed by atoms with Crippen LogP contribution in [0.2, 0.25) is 0 Å². The van der Waals surface area contributed by atoms with Crippen molar-refractivity contribution in [1.29, 1.82) is 0 Å². The van der Waals surface area contributed by atoms with Gasteiger partial charge in [-0.1, -0.05) is 6.92 Å². The van der Waals surface area contributed by atoms with Crippen molar-refractivity contribution in [3.05, 3.63) is 0 Å². The molecule has 54 valence electrons. The number of hydrogen-bond donors (Lipinski definition) is 1. The molecule has 0 spiro atoms. The highest BCUT2D eigenvalue weighted by molar-refractivity contribution is 8.07. The van der Waals surface area contributed by atoms with Crippen molar-refractivity contribution in [1.82, 2.24) is 0 Å². The van der Waals surface area contributed by atoms with E-state index >= 15 is 0 Å². The van der Waals surface area contributed by atoms with Gasteiger partial charge in [-0.2, -0.15) is 11.8 Å². The van der Waals surface area contributed by atoms with Crippen LogP contribution in [-0.4, -0.2) is 21.6 Å². The molecule has 2 N–H and O–H groups in total. The molecule has 1 rings (SSSR count). The summed E-state index contributed by atoms with van der Waals surface area (Å²) in [6, 6.07) is 0. The Morgan fingerprint density at radius 3 is 2.56 bits per heavy atom. The van der Waals surface area contributed by atoms with E-state index in [4.69, 9.17) is 5.73 Å². The Balaban J connectivity index is 2.49. The predicted octanol–water partition coefficient (Wildman–Crippen LogP) is 1.53. The minimum Gasteiger partial charge on any atom is -0.316 e. The summed E-state index contributed by atoms with van der Waals surface area (Å²) in [5.41, 5.74) is 5.96. The summed E-state index contributed by atoms with van der Waals surface area (Å²) >= 11 is 3.86. The zero-order valence-corrected chi connectivity index (χ0v) is 7.52. The van der Waals surface area contributed by atoms with Gasteiger partial charge in [0.1, 0.15) is 0 Å². The molecule has 0 bridgehead atoms. The van der Waals surface area contributed by atoms with E-state index in [-0.39, 0.29) is 4.87 Å². The predicted molar refractivity (Wildman–Crippen MR) is 47.0 cm³/mol. The van der Waals surface area contributed by atoms with Crippen molar-refractivity contribution in [3.8, 4) is 0 Å². The molecule has 0 saturated carbocycles. The summed E-state index contributed by atoms with van der Waals surface area (Å²) in [6.07, 6.45) is 0. The second kappa shape index (κ2) is 2.72. The first-order chi connectivity index (χ1) is 4.13. The van der Waals surface area contributed by atoms with Crippen LogP contribution in [0.15, 0.2) is 0 Å². The maximum Gasteiger partial charge on any atom is 0.0709 e. The zero-order valence-electron chi connectivity index (χ0n) is 5.89. The maximum absolute atomic E-state index is 5.96. The van der Waals surface area contributed by atoms with E-state index in [1.165, 1.54) is 11.5 Å². The average Bonchev–Trinajstić information content (AvgIpc) is 1.77. The summed E-state index contributed by atoms with van der Waals surface area (Å²) in [4.78, 5) is 0.0168. The summed E-state index contributed by atoms with van der Waals surface area (Å²) in [5.74, 6) is 2.47. The first-order valence-electron chi connectivity index (χ1n) is 3.17. The molecule has 9 heavy (non-hydrogen) atoms. The first-order valence-corrected chi connectivity index (χ1v) is 5.21. The number of rotatable bonds is 0. The normalized spacial score (nSPS) is 45.0. The number of thioether (sulfide) groups is 2. The lowest BCUT2D eigenvalue weighted by Crippen LogP contribution is -2.44. The summed E-state index contributed by atoms with van der Waals surface area (Å²) in [7, 11) is 0. The molecule has 0 aliphatic carbocycles. The van der Waals surface area contributed by atoms with E-state index in [0.717, 1.165) is 0 Å². The van der Waals surface area contributed by atoms with Crippen LogP contribution < -0.4 is 5.73 Å². The number of nitrogens with two attached hydrogens (primary N) is 1. The van der Waals surface area contributed by atoms with Crippen LogP contribution in [-0.2, 0) is 0 Å². The second-order valence-electron chi connectivity index (χ2n) is 2.55. The lowest BCUT2D eigenvalue weighted by Gasteiger charge is -2.34. The fourth-order valence-corrected chi connectivity index (χ4v) is 3.25. The first kappa shape index (κ1) is 7.76. The van der Waals surface area contributed by atoms with Crippen LogP contribution in [0.3, 0.4) is 0 Å². The SMILES string of the molecule is C[C@H]1SCCS[C@@]1(C)N. The van der Waals surface area contributed by atoms with Gasteiger partial charge >= 0.3 is 0 Å². The summed E-state index contributed by atoms with van der Waals surface area (Å²) in [6.45, 7) is 4.32. The molecule has 0 aromatic carbocycles. The molecule has 0 amide bonds. The molecule has 1 heterocycles. The second-order valence-corrected chi connectivity index (χ2v) is 5.57. The zero-order chi connectivity index (χ0) is 6.91. The van der Waals surface area contributed by atoms with Crippen molar-refractivity contribution in [2.45, 2.75) is 24.0 Å². The van der Waals surface area contributed by atoms with Crippen molar-refractivity contribution >= 4 is 23.5 Å². The van der Waals surface area contributed by atoms with Gasteiger partial charge in [0.05, 0.1) is 4.87 Å². The Bertz CT molecular complexity index is 103. The van der Waals surface area contributed by atoms with Crippen LogP contribution in [0.25, 0.3) is 0 Å². The highest BCUT2D eigenvalue weighted by Gasteiger charge is 2.30. The molecule has 0 aromatic heterocycles. The highest BCUT2D eigenvalue weighted by Crippen LogP contribution is 2.36. The molecule has 1 aliphatic heterocycles. The van der Waals surface area contributed by atoms with Gasteiger partial charge in [0.25, 0.3) is 0 Å². The van der Waals surface area contributed by atoms with Crippen LogP contribution in [0, 0.1) is 0 Å². The number of hydrogen-bond acceptors (Lipinski definition) is 3. The summed E-state index contributed by atoms with van der Waals surface area (Å²) in [5, 5.41) is 0.608. The monoisotopic (exact) mass is 163 g/mol. The average molecular weight is 163 g/mol. The van der Waals surface area contributed by atoms with Gasteiger partial charge in [-0.25, -0.2) is 0 Å². The molecule has 0 radical (unpaired) electrons. The van der Waals surface area contributed by atoms with E-state index < -0.39 is 0 Å². The van der Waals surface area contributed by atoms with Gasteiger partial charge in [0.15, 0.2) is 0 Å².